The third-order valence-electron chi connectivity index (χ3n) is 3.51. The number of carbonyl (C=O) groups excluding carboxylic acids is 2. The van der Waals surface area contributed by atoms with Gasteiger partial charge in [-0.1, -0.05) is 30.3 Å². The predicted octanol–water partition coefficient (Wildman–Crippen LogP) is 2.06. The van der Waals surface area contributed by atoms with E-state index in [4.69, 9.17) is 5.21 Å². The minimum atomic E-state index is -0.472. The molecule has 0 atom stereocenters. The van der Waals surface area contributed by atoms with Crippen molar-refractivity contribution in [2.75, 3.05) is 0 Å². The van der Waals surface area contributed by atoms with Crippen LogP contribution in [0.1, 0.15) is 31.2 Å². The normalized spacial score (nSPS) is 10.9. The molecule has 0 heterocycles. The van der Waals surface area contributed by atoms with E-state index >= 15 is 0 Å². The van der Waals surface area contributed by atoms with E-state index in [-0.39, 0.29) is 24.5 Å². The molecule has 0 fully saturated rings. The summed E-state index contributed by atoms with van der Waals surface area (Å²) in [6, 6.07) is 10.9. The molecule has 0 aliphatic carbocycles. The SMILES string of the molecule is O=C(CCCCC(=O)N/N=C/c1c(O)ccc2ccccc12)NO. The molecule has 0 aliphatic heterocycles. The van der Waals surface area contributed by atoms with Gasteiger partial charge in [0, 0.05) is 18.4 Å². The summed E-state index contributed by atoms with van der Waals surface area (Å²) in [5, 5.41) is 24.0. The molecule has 4 N–H and O–H groups in total. The van der Waals surface area contributed by atoms with Crippen molar-refractivity contribution in [2.24, 2.45) is 5.10 Å². The van der Waals surface area contributed by atoms with E-state index in [2.05, 4.69) is 10.5 Å². The van der Waals surface area contributed by atoms with Crippen LogP contribution in [-0.4, -0.2) is 28.3 Å². The summed E-state index contributed by atoms with van der Waals surface area (Å²) in [6.45, 7) is 0. The molecule has 0 bridgehead atoms. The smallest absolute Gasteiger partial charge is 0.243 e. The third kappa shape index (κ3) is 4.79. The number of phenolic OH excluding ortho intramolecular Hbond substituents is 1. The maximum atomic E-state index is 11.7. The van der Waals surface area contributed by atoms with Gasteiger partial charge in [0.1, 0.15) is 5.75 Å². The minimum absolute atomic E-state index is 0.0849. The first-order valence-electron chi connectivity index (χ1n) is 7.57. The van der Waals surface area contributed by atoms with Crippen molar-refractivity contribution >= 4 is 28.8 Å². The number of rotatable bonds is 7. The highest BCUT2D eigenvalue weighted by atomic mass is 16.5. The zero-order valence-electron chi connectivity index (χ0n) is 13.0. The second-order valence-corrected chi connectivity index (χ2v) is 5.25. The number of hydrazone groups is 1. The summed E-state index contributed by atoms with van der Waals surface area (Å²) in [5.41, 5.74) is 4.47. The number of phenols is 1. The van der Waals surface area contributed by atoms with E-state index in [1.165, 1.54) is 11.7 Å². The molecule has 0 aliphatic rings. The van der Waals surface area contributed by atoms with Crippen molar-refractivity contribution in [1.29, 1.82) is 0 Å². The van der Waals surface area contributed by atoms with Crippen LogP contribution in [0.2, 0.25) is 0 Å². The molecular weight excluding hydrogens is 310 g/mol. The molecule has 7 nitrogen and oxygen atoms in total. The van der Waals surface area contributed by atoms with Gasteiger partial charge in [0.25, 0.3) is 0 Å². The molecule has 0 unspecified atom stereocenters. The second-order valence-electron chi connectivity index (χ2n) is 5.25. The monoisotopic (exact) mass is 329 g/mol. The number of hydrogen-bond acceptors (Lipinski definition) is 5. The summed E-state index contributed by atoms with van der Waals surface area (Å²) < 4.78 is 0. The van der Waals surface area contributed by atoms with Gasteiger partial charge in [-0.3, -0.25) is 14.8 Å². The van der Waals surface area contributed by atoms with Crippen LogP contribution in [0.4, 0.5) is 0 Å². The van der Waals surface area contributed by atoms with Crippen LogP contribution < -0.4 is 10.9 Å². The first-order chi connectivity index (χ1) is 11.6. The lowest BCUT2D eigenvalue weighted by Crippen LogP contribution is -2.19. The van der Waals surface area contributed by atoms with E-state index in [1.807, 2.05) is 30.3 Å². The maximum absolute atomic E-state index is 11.7. The Hall–Kier alpha value is -2.93. The molecule has 0 saturated heterocycles. The quantitative estimate of drug-likeness (QED) is 0.270. The van der Waals surface area contributed by atoms with Crippen molar-refractivity contribution in [3.8, 4) is 5.75 Å². The van der Waals surface area contributed by atoms with E-state index in [9.17, 15) is 14.7 Å². The molecule has 2 aromatic carbocycles. The lowest BCUT2D eigenvalue weighted by molar-refractivity contribution is -0.129. The molecule has 24 heavy (non-hydrogen) atoms. The van der Waals surface area contributed by atoms with Crippen LogP contribution in [0.5, 0.6) is 5.75 Å². The molecule has 126 valence electrons. The summed E-state index contributed by atoms with van der Waals surface area (Å²) in [5.74, 6) is -0.669. The molecule has 0 spiro atoms. The van der Waals surface area contributed by atoms with Crippen LogP contribution >= 0.6 is 0 Å². The highest BCUT2D eigenvalue weighted by Crippen LogP contribution is 2.25. The molecular formula is C17H19N3O4. The van der Waals surface area contributed by atoms with Gasteiger partial charge in [-0.2, -0.15) is 5.10 Å². The van der Waals surface area contributed by atoms with Gasteiger partial charge in [-0.25, -0.2) is 10.9 Å². The number of nitrogens with one attached hydrogen (secondary N) is 2. The van der Waals surface area contributed by atoms with Gasteiger partial charge < -0.3 is 5.11 Å². The number of amides is 2. The summed E-state index contributed by atoms with van der Waals surface area (Å²) in [7, 11) is 0. The van der Waals surface area contributed by atoms with Crippen LogP contribution in [-0.2, 0) is 9.59 Å². The molecule has 7 heteroatoms. The highest BCUT2D eigenvalue weighted by molar-refractivity contribution is 6.02. The van der Waals surface area contributed by atoms with Crippen molar-refractivity contribution in [3.05, 3.63) is 42.0 Å². The fourth-order valence-electron chi connectivity index (χ4n) is 2.27. The first-order valence-corrected chi connectivity index (χ1v) is 7.57. The van der Waals surface area contributed by atoms with Gasteiger partial charge in [0.15, 0.2) is 0 Å². The van der Waals surface area contributed by atoms with Crippen molar-refractivity contribution in [1.82, 2.24) is 10.9 Å². The number of benzene rings is 2. The number of aromatic hydroxyl groups is 1. The number of nitrogens with zero attached hydrogens (tertiary/aromatic N) is 1. The Bertz CT molecular complexity index is 759. The minimum Gasteiger partial charge on any atom is -0.507 e. The number of unbranched alkanes of at least 4 members (excludes halogenated alkanes) is 1. The van der Waals surface area contributed by atoms with Crippen LogP contribution in [0.3, 0.4) is 0 Å². The van der Waals surface area contributed by atoms with Crippen molar-refractivity contribution in [3.63, 3.8) is 0 Å². The van der Waals surface area contributed by atoms with Gasteiger partial charge in [0.2, 0.25) is 11.8 Å². The summed E-state index contributed by atoms with van der Waals surface area (Å²) >= 11 is 0. The second kappa shape index (κ2) is 8.64. The molecule has 2 rings (SSSR count). The van der Waals surface area contributed by atoms with Gasteiger partial charge in [0.05, 0.1) is 6.21 Å². The number of hydrogen-bond donors (Lipinski definition) is 4. The average Bonchev–Trinajstić information content (AvgIpc) is 2.60. The number of fused-ring (bicyclic) bond motifs is 1. The lowest BCUT2D eigenvalue weighted by Gasteiger charge is -2.05. The average molecular weight is 329 g/mol. The number of carbonyl (C=O) groups is 2. The van der Waals surface area contributed by atoms with Gasteiger partial charge >= 0.3 is 0 Å². The molecule has 0 aromatic heterocycles. The Kier molecular flexibility index (Phi) is 6.27. The fraction of sp³-hybridized carbons (Fsp3) is 0.235. The molecule has 0 radical (unpaired) electrons. The summed E-state index contributed by atoms with van der Waals surface area (Å²) in [4.78, 5) is 22.5. The third-order valence-corrected chi connectivity index (χ3v) is 3.51. The molecule has 0 saturated carbocycles. The van der Waals surface area contributed by atoms with E-state index < -0.39 is 5.91 Å². The molecule has 2 aromatic rings. The van der Waals surface area contributed by atoms with E-state index in [0.717, 1.165) is 10.8 Å². The van der Waals surface area contributed by atoms with Crippen molar-refractivity contribution < 1.29 is 19.9 Å². The largest absolute Gasteiger partial charge is 0.507 e. The summed E-state index contributed by atoms with van der Waals surface area (Å²) in [6.07, 6.45) is 2.80. The Morgan fingerprint density at radius 1 is 1.04 bits per heavy atom. The standard InChI is InChI=1S/C17H19N3O4/c21-15-10-9-12-5-1-2-6-13(12)14(15)11-18-19-16(22)7-3-4-8-17(23)20-24/h1-2,5-6,9-11,21,24H,3-4,7-8H2,(H,19,22)(H,20,23)/b18-11+. The topological polar surface area (TPSA) is 111 Å². The Balaban J connectivity index is 1.89. The first kappa shape index (κ1) is 17.4. The predicted molar refractivity (Wildman–Crippen MR) is 89.7 cm³/mol. The van der Waals surface area contributed by atoms with Gasteiger partial charge in [-0.15, -0.1) is 0 Å². The number of hydroxylamine groups is 1. The fourth-order valence-corrected chi connectivity index (χ4v) is 2.27. The van der Waals surface area contributed by atoms with Crippen LogP contribution in [0.25, 0.3) is 10.8 Å². The van der Waals surface area contributed by atoms with Crippen molar-refractivity contribution in [2.45, 2.75) is 25.7 Å². The van der Waals surface area contributed by atoms with E-state index in [0.29, 0.717) is 18.4 Å². The zero-order valence-corrected chi connectivity index (χ0v) is 13.0. The Labute approximate surface area is 138 Å². The molecule has 2 amide bonds. The zero-order chi connectivity index (χ0) is 17.4. The lowest BCUT2D eigenvalue weighted by atomic mass is 10.0. The Morgan fingerprint density at radius 3 is 2.50 bits per heavy atom. The Morgan fingerprint density at radius 2 is 1.75 bits per heavy atom. The highest BCUT2D eigenvalue weighted by Gasteiger charge is 2.05. The van der Waals surface area contributed by atoms with Gasteiger partial charge in [-0.05, 0) is 29.7 Å². The van der Waals surface area contributed by atoms with Crippen LogP contribution in [0.15, 0.2) is 41.5 Å². The maximum Gasteiger partial charge on any atom is 0.243 e. The van der Waals surface area contributed by atoms with E-state index in [1.54, 1.807) is 6.07 Å². The van der Waals surface area contributed by atoms with Crippen LogP contribution in [0, 0.1) is 0 Å².